The smallest absolute Gasteiger partial charge is 0.273 e. The van der Waals surface area contributed by atoms with E-state index < -0.39 is 0 Å². The third-order valence-electron chi connectivity index (χ3n) is 3.07. The first-order chi connectivity index (χ1) is 9.11. The molecule has 2 amide bonds. The van der Waals surface area contributed by atoms with Gasteiger partial charge in [-0.05, 0) is 19.1 Å². The number of nitrogens with zero attached hydrogens (tertiary/aromatic N) is 3. The first-order valence-corrected chi connectivity index (χ1v) is 6.36. The maximum atomic E-state index is 12.3. The summed E-state index contributed by atoms with van der Waals surface area (Å²) in [6.45, 7) is 3.96. The first-order valence-electron chi connectivity index (χ1n) is 6.36. The minimum absolute atomic E-state index is 0.0394. The van der Waals surface area contributed by atoms with E-state index in [1.54, 1.807) is 29.0 Å². The van der Waals surface area contributed by atoms with Crippen LogP contribution in [0.25, 0.3) is 0 Å². The van der Waals surface area contributed by atoms with Gasteiger partial charge >= 0.3 is 0 Å². The molecule has 0 spiro atoms. The zero-order valence-electron chi connectivity index (χ0n) is 11.2. The van der Waals surface area contributed by atoms with Crippen molar-refractivity contribution in [2.75, 3.05) is 38.5 Å². The van der Waals surface area contributed by atoms with Crippen LogP contribution in [-0.4, -0.2) is 59.8 Å². The normalized spacial score (nSPS) is 15.6. The second-order valence-corrected chi connectivity index (χ2v) is 4.48. The number of likely N-dealkylation sites (N-methyl/N-ethyl adjacent to an activating group) is 1. The zero-order chi connectivity index (χ0) is 13.8. The fourth-order valence-corrected chi connectivity index (χ4v) is 1.93. The van der Waals surface area contributed by atoms with Gasteiger partial charge in [0.25, 0.3) is 5.91 Å². The summed E-state index contributed by atoms with van der Waals surface area (Å²) in [6, 6.07) is 5.28. The Kier molecular flexibility index (Phi) is 3.99. The molecule has 0 aliphatic carbocycles. The Bertz CT molecular complexity index is 489. The maximum Gasteiger partial charge on any atom is 0.273 e. The Balaban J connectivity index is 2.11. The Morgan fingerprint density at radius 3 is 2.89 bits per heavy atom. The summed E-state index contributed by atoms with van der Waals surface area (Å²) in [6.07, 6.45) is 0. The van der Waals surface area contributed by atoms with Crippen molar-refractivity contribution in [3.05, 3.63) is 23.9 Å². The monoisotopic (exact) mass is 262 g/mol. The van der Waals surface area contributed by atoms with Crippen LogP contribution in [0.15, 0.2) is 18.2 Å². The van der Waals surface area contributed by atoms with Crippen molar-refractivity contribution in [3.8, 4) is 0 Å². The van der Waals surface area contributed by atoms with Crippen LogP contribution in [0.4, 0.5) is 5.82 Å². The summed E-state index contributed by atoms with van der Waals surface area (Å²) in [5.41, 5.74) is 0.371. The van der Waals surface area contributed by atoms with E-state index in [0.29, 0.717) is 24.6 Å². The Morgan fingerprint density at radius 1 is 1.42 bits per heavy atom. The van der Waals surface area contributed by atoms with Gasteiger partial charge in [0.1, 0.15) is 18.1 Å². The molecule has 1 aromatic heterocycles. The maximum absolute atomic E-state index is 12.3. The predicted octanol–water partition coefficient (Wildman–Crippen LogP) is 0.428. The van der Waals surface area contributed by atoms with E-state index in [-0.39, 0.29) is 18.4 Å². The molecule has 19 heavy (non-hydrogen) atoms. The molecule has 0 saturated carbocycles. The standard InChI is InChI=1S/C13H18N4O2/c1-3-14-11-6-4-5-10(15-11)13(19)17-8-7-16(2)12(18)9-17/h4-6H,3,7-9H2,1-2H3,(H,14,15). The van der Waals surface area contributed by atoms with Gasteiger partial charge in [-0.25, -0.2) is 4.98 Å². The summed E-state index contributed by atoms with van der Waals surface area (Å²) in [5, 5.41) is 3.06. The van der Waals surface area contributed by atoms with Crippen molar-refractivity contribution in [1.82, 2.24) is 14.8 Å². The number of rotatable bonds is 3. The molecule has 1 fully saturated rings. The van der Waals surface area contributed by atoms with Crippen molar-refractivity contribution < 1.29 is 9.59 Å². The van der Waals surface area contributed by atoms with Crippen molar-refractivity contribution >= 4 is 17.6 Å². The molecule has 1 aliphatic rings. The SMILES string of the molecule is CCNc1cccc(C(=O)N2CCN(C)C(=O)C2)n1. The van der Waals surface area contributed by atoms with Crippen molar-refractivity contribution in [2.24, 2.45) is 0 Å². The van der Waals surface area contributed by atoms with Crippen LogP contribution >= 0.6 is 0 Å². The number of nitrogens with one attached hydrogen (secondary N) is 1. The molecule has 0 atom stereocenters. The third kappa shape index (κ3) is 3.01. The van der Waals surface area contributed by atoms with Crippen LogP contribution in [-0.2, 0) is 4.79 Å². The lowest BCUT2D eigenvalue weighted by Gasteiger charge is -2.31. The average molecular weight is 262 g/mol. The third-order valence-corrected chi connectivity index (χ3v) is 3.07. The number of carbonyl (C=O) groups excluding carboxylic acids is 2. The van der Waals surface area contributed by atoms with Gasteiger partial charge in [0.2, 0.25) is 5.91 Å². The van der Waals surface area contributed by atoms with Crippen LogP contribution in [0.2, 0.25) is 0 Å². The Labute approximate surface area is 112 Å². The number of hydrogen-bond donors (Lipinski definition) is 1. The molecular weight excluding hydrogens is 244 g/mol. The summed E-state index contributed by atoms with van der Waals surface area (Å²) in [4.78, 5) is 31.3. The van der Waals surface area contributed by atoms with Gasteiger partial charge in [-0.15, -0.1) is 0 Å². The number of hydrogen-bond acceptors (Lipinski definition) is 4. The topological polar surface area (TPSA) is 65.5 Å². The van der Waals surface area contributed by atoms with Crippen LogP contribution in [0.3, 0.4) is 0 Å². The average Bonchev–Trinajstić information content (AvgIpc) is 2.42. The van der Waals surface area contributed by atoms with Gasteiger partial charge in [-0.1, -0.05) is 6.07 Å². The molecule has 2 rings (SSSR count). The summed E-state index contributed by atoms with van der Waals surface area (Å²) >= 11 is 0. The van der Waals surface area contributed by atoms with E-state index in [9.17, 15) is 9.59 Å². The molecule has 0 radical (unpaired) electrons. The molecule has 0 bridgehead atoms. The van der Waals surface area contributed by atoms with Gasteiger partial charge in [0, 0.05) is 26.7 Å². The van der Waals surface area contributed by atoms with Crippen molar-refractivity contribution in [3.63, 3.8) is 0 Å². The van der Waals surface area contributed by atoms with E-state index in [4.69, 9.17) is 0 Å². The number of carbonyl (C=O) groups is 2. The van der Waals surface area contributed by atoms with E-state index in [1.165, 1.54) is 0 Å². The fourth-order valence-electron chi connectivity index (χ4n) is 1.93. The molecule has 1 aliphatic heterocycles. The van der Waals surface area contributed by atoms with Gasteiger partial charge in [-0.2, -0.15) is 0 Å². The minimum Gasteiger partial charge on any atom is -0.370 e. The number of pyridine rings is 1. The zero-order valence-corrected chi connectivity index (χ0v) is 11.2. The molecule has 2 heterocycles. The largest absolute Gasteiger partial charge is 0.370 e. The molecule has 102 valence electrons. The quantitative estimate of drug-likeness (QED) is 0.858. The number of amides is 2. The highest BCUT2D eigenvalue weighted by molar-refractivity contribution is 5.95. The molecule has 6 heteroatoms. The predicted molar refractivity (Wildman–Crippen MR) is 71.9 cm³/mol. The lowest BCUT2D eigenvalue weighted by Crippen LogP contribution is -2.50. The van der Waals surface area contributed by atoms with Crippen LogP contribution in [0.1, 0.15) is 17.4 Å². The van der Waals surface area contributed by atoms with Gasteiger partial charge in [0.15, 0.2) is 0 Å². The highest BCUT2D eigenvalue weighted by atomic mass is 16.2. The lowest BCUT2D eigenvalue weighted by atomic mass is 10.2. The molecule has 0 unspecified atom stereocenters. The molecule has 1 saturated heterocycles. The van der Waals surface area contributed by atoms with E-state index in [1.807, 2.05) is 13.0 Å². The molecule has 6 nitrogen and oxygen atoms in total. The van der Waals surface area contributed by atoms with Crippen molar-refractivity contribution in [2.45, 2.75) is 6.92 Å². The second-order valence-electron chi connectivity index (χ2n) is 4.48. The van der Waals surface area contributed by atoms with Crippen LogP contribution < -0.4 is 5.32 Å². The number of anilines is 1. The number of piperazine rings is 1. The van der Waals surface area contributed by atoms with Gasteiger partial charge < -0.3 is 15.1 Å². The molecule has 1 aromatic rings. The second kappa shape index (κ2) is 5.69. The van der Waals surface area contributed by atoms with E-state index in [0.717, 1.165) is 6.54 Å². The fraction of sp³-hybridized carbons (Fsp3) is 0.462. The highest BCUT2D eigenvalue weighted by Crippen LogP contribution is 2.10. The molecular formula is C13H18N4O2. The lowest BCUT2D eigenvalue weighted by molar-refractivity contribution is -0.133. The first kappa shape index (κ1) is 13.3. The van der Waals surface area contributed by atoms with Gasteiger partial charge in [-0.3, -0.25) is 9.59 Å². The summed E-state index contributed by atoms with van der Waals surface area (Å²) < 4.78 is 0. The van der Waals surface area contributed by atoms with E-state index in [2.05, 4.69) is 10.3 Å². The van der Waals surface area contributed by atoms with E-state index >= 15 is 0 Å². The number of aromatic nitrogens is 1. The van der Waals surface area contributed by atoms with Crippen molar-refractivity contribution in [1.29, 1.82) is 0 Å². The molecule has 1 N–H and O–H groups in total. The van der Waals surface area contributed by atoms with Gasteiger partial charge in [0.05, 0.1) is 0 Å². The Hall–Kier alpha value is -2.11. The summed E-state index contributed by atoms with van der Waals surface area (Å²) in [5.74, 6) is 0.442. The Morgan fingerprint density at radius 2 is 2.21 bits per heavy atom. The summed E-state index contributed by atoms with van der Waals surface area (Å²) in [7, 11) is 1.74. The molecule has 0 aromatic carbocycles. The van der Waals surface area contributed by atoms with Crippen LogP contribution in [0.5, 0.6) is 0 Å². The van der Waals surface area contributed by atoms with Crippen LogP contribution in [0, 0.1) is 0 Å². The highest BCUT2D eigenvalue weighted by Gasteiger charge is 2.26. The minimum atomic E-state index is -0.193.